The summed E-state index contributed by atoms with van der Waals surface area (Å²) in [6.45, 7) is 11.4. The Balaban J connectivity index is 0.00000260. The van der Waals surface area contributed by atoms with Crippen LogP contribution in [0.25, 0.3) is 0 Å². The Labute approximate surface area is 229 Å². The predicted molar refractivity (Wildman–Crippen MR) is 148 cm³/mol. The topological polar surface area (TPSA) is 65.1 Å². The van der Waals surface area contributed by atoms with Gasteiger partial charge in [-0.25, -0.2) is 4.79 Å². The van der Waals surface area contributed by atoms with Crippen LogP contribution in [0.1, 0.15) is 58.2 Å². The van der Waals surface area contributed by atoms with Crippen molar-refractivity contribution < 1.29 is 32.6 Å². The fourth-order valence-corrected chi connectivity index (χ4v) is 3.52. The quantitative estimate of drug-likeness (QED) is 0.221. The van der Waals surface area contributed by atoms with Crippen LogP contribution in [0.5, 0.6) is 11.5 Å². The van der Waals surface area contributed by atoms with E-state index in [2.05, 4.69) is 30.2 Å². The molecule has 0 saturated carbocycles. The van der Waals surface area contributed by atoms with Crippen molar-refractivity contribution in [3.63, 3.8) is 0 Å². The van der Waals surface area contributed by atoms with Crippen LogP contribution in [0, 0.1) is 0 Å². The molecule has 0 bridgehead atoms. The summed E-state index contributed by atoms with van der Waals surface area (Å²) >= 11 is 0. The minimum Gasteiger partial charge on any atom is -0.489 e. The molecule has 0 spiro atoms. The number of ether oxygens (including phenoxy) is 3. The molecule has 3 aromatic carbocycles. The maximum absolute atomic E-state index is 13.0. The molecule has 0 aromatic heterocycles. The number of amides is 1. The van der Waals surface area contributed by atoms with Gasteiger partial charge in [-0.1, -0.05) is 71.0 Å². The Bertz CT molecular complexity index is 1200. The molecule has 6 nitrogen and oxygen atoms in total. The third-order valence-corrected chi connectivity index (χ3v) is 5.54. The van der Waals surface area contributed by atoms with Crippen LogP contribution in [-0.2, 0) is 32.9 Å². The summed E-state index contributed by atoms with van der Waals surface area (Å²) in [7, 11) is 1.17. The maximum atomic E-state index is 13.0. The first kappa shape index (κ1) is 31.3. The van der Waals surface area contributed by atoms with Crippen molar-refractivity contribution in [3.05, 3.63) is 89.5 Å². The van der Waals surface area contributed by atoms with Gasteiger partial charge < -0.3 is 14.2 Å². The zero-order valence-corrected chi connectivity index (χ0v) is 23.6. The third-order valence-electron chi connectivity index (χ3n) is 5.54. The minimum atomic E-state index is -3.25. The van der Waals surface area contributed by atoms with E-state index >= 15 is 0 Å². The highest BCUT2D eigenvalue weighted by molar-refractivity contribution is 6.38. The van der Waals surface area contributed by atoms with Crippen LogP contribution in [0.15, 0.2) is 72.8 Å². The van der Waals surface area contributed by atoms with Crippen molar-refractivity contribution in [3.8, 4) is 11.5 Å². The lowest BCUT2D eigenvalue weighted by Crippen LogP contribution is -2.36. The van der Waals surface area contributed by atoms with Gasteiger partial charge in [0, 0.05) is 12.6 Å². The molecule has 0 heterocycles. The number of halogens is 2. The number of carbonyl (C=O) groups is 2. The zero-order chi connectivity index (χ0) is 29.2. The smallest absolute Gasteiger partial charge is 0.397 e. The zero-order valence-electron chi connectivity index (χ0n) is 23.6. The average molecular weight is 542 g/mol. The number of carbonyl (C=O) groups excluding carboxylic acids is 2. The Morgan fingerprint density at radius 1 is 0.769 bits per heavy atom. The number of nitrogens with zero attached hydrogens (tertiary/aromatic N) is 1. The molecule has 0 aliphatic heterocycles. The number of hydrogen-bond donors (Lipinski definition) is 0. The van der Waals surface area contributed by atoms with Crippen molar-refractivity contribution in [1.29, 1.82) is 0 Å². The highest BCUT2D eigenvalue weighted by Crippen LogP contribution is 2.26. The van der Waals surface area contributed by atoms with E-state index in [1.807, 2.05) is 38.1 Å². The Morgan fingerprint density at radius 2 is 1.28 bits per heavy atom. The van der Waals surface area contributed by atoms with E-state index < -0.39 is 18.0 Å². The summed E-state index contributed by atoms with van der Waals surface area (Å²) in [5.74, 6) is -1.15. The largest absolute Gasteiger partial charge is 0.489 e. The van der Waals surface area contributed by atoms with Crippen molar-refractivity contribution in [2.75, 3.05) is 12.0 Å². The second-order valence-corrected chi connectivity index (χ2v) is 9.67. The molecule has 3 aromatic rings. The number of alkyl halides is 2. The number of rotatable bonds is 8. The molecule has 0 aliphatic rings. The summed E-state index contributed by atoms with van der Waals surface area (Å²) in [5, 5.41) is 0. The SMILES string of the molecule is CC.COC(=O)C(=O)N(Cc1ccc(C(C)(C)C)cc1)c1ccc(OCc2ccc(OC(C)(F)F)cc2)cc1. The molecular weight excluding hydrogens is 504 g/mol. The molecule has 8 heteroatoms. The van der Waals surface area contributed by atoms with Crippen LogP contribution in [0.3, 0.4) is 0 Å². The molecule has 0 radical (unpaired) electrons. The Morgan fingerprint density at radius 3 is 1.77 bits per heavy atom. The van der Waals surface area contributed by atoms with Gasteiger partial charge in [-0.05, 0) is 58.5 Å². The van der Waals surface area contributed by atoms with Gasteiger partial charge in [0.25, 0.3) is 0 Å². The fourth-order valence-electron chi connectivity index (χ4n) is 3.52. The normalized spacial score (nSPS) is 11.1. The van der Waals surface area contributed by atoms with Crippen molar-refractivity contribution in [2.45, 2.75) is 66.2 Å². The molecule has 0 saturated heterocycles. The molecular formula is C31H37F2NO5. The van der Waals surface area contributed by atoms with Crippen LogP contribution in [0.2, 0.25) is 0 Å². The third kappa shape index (κ3) is 9.71. The van der Waals surface area contributed by atoms with Crippen molar-refractivity contribution in [1.82, 2.24) is 0 Å². The summed E-state index contributed by atoms with van der Waals surface area (Å²) in [6.07, 6.45) is -3.25. The standard InChI is InChI=1S/C29H31F2NO5.C2H6/c1-28(2,3)22-10-6-20(7-11-22)18-32(26(33)27(34)35-5)23-12-16-24(17-13-23)36-19-21-8-14-25(15-9-21)37-29(4,30)31;1-2/h6-17H,18-19H2,1-5H3;1-2H3. The van der Waals surface area contributed by atoms with Crippen LogP contribution in [-0.4, -0.2) is 25.1 Å². The van der Waals surface area contributed by atoms with E-state index in [0.29, 0.717) is 18.4 Å². The molecule has 0 fully saturated rings. The van der Waals surface area contributed by atoms with E-state index in [-0.39, 0.29) is 24.3 Å². The molecule has 39 heavy (non-hydrogen) atoms. The van der Waals surface area contributed by atoms with Gasteiger partial charge >= 0.3 is 18.0 Å². The van der Waals surface area contributed by atoms with Crippen molar-refractivity contribution >= 4 is 17.6 Å². The van der Waals surface area contributed by atoms with Crippen LogP contribution in [0.4, 0.5) is 14.5 Å². The first-order chi connectivity index (χ1) is 18.4. The summed E-state index contributed by atoms with van der Waals surface area (Å²) in [4.78, 5) is 26.2. The molecule has 0 N–H and O–H groups in total. The lowest BCUT2D eigenvalue weighted by molar-refractivity contribution is -0.159. The van der Waals surface area contributed by atoms with E-state index in [1.165, 1.54) is 24.1 Å². The minimum absolute atomic E-state index is 0.00408. The number of benzene rings is 3. The second kappa shape index (κ2) is 13.7. The van der Waals surface area contributed by atoms with E-state index in [1.54, 1.807) is 36.4 Å². The lowest BCUT2D eigenvalue weighted by atomic mass is 9.87. The lowest BCUT2D eigenvalue weighted by Gasteiger charge is -2.23. The molecule has 0 aliphatic carbocycles. The van der Waals surface area contributed by atoms with Gasteiger partial charge in [-0.2, -0.15) is 8.78 Å². The highest BCUT2D eigenvalue weighted by Gasteiger charge is 2.25. The molecule has 0 atom stereocenters. The van der Waals surface area contributed by atoms with Gasteiger partial charge in [0.15, 0.2) is 0 Å². The average Bonchev–Trinajstić information content (AvgIpc) is 2.91. The van der Waals surface area contributed by atoms with E-state index in [4.69, 9.17) is 4.74 Å². The highest BCUT2D eigenvalue weighted by atomic mass is 19.3. The first-order valence-electron chi connectivity index (χ1n) is 12.7. The van der Waals surface area contributed by atoms with Gasteiger partial charge in [0.05, 0.1) is 13.7 Å². The number of esters is 1. The predicted octanol–water partition coefficient (Wildman–Crippen LogP) is 7.29. The molecule has 3 rings (SSSR count). The molecule has 0 unspecified atom stereocenters. The van der Waals surface area contributed by atoms with Gasteiger partial charge in [-0.3, -0.25) is 9.69 Å². The van der Waals surface area contributed by atoms with E-state index in [0.717, 1.165) is 16.7 Å². The first-order valence-corrected chi connectivity index (χ1v) is 12.7. The van der Waals surface area contributed by atoms with E-state index in [9.17, 15) is 18.4 Å². The van der Waals surface area contributed by atoms with Crippen LogP contribution >= 0.6 is 0 Å². The molecule has 210 valence electrons. The maximum Gasteiger partial charge on any atom is 0.397 e. The van der Waals surface area contributed by atoms with Crippen LogP contribution < -0.4 is 14.4 Å². The molecule has 1 amide bonds. The summed E-state index contributed by atoms with van der Waals surface area (Å²) < 4.78 is 40.9. The summed E-state index contributed by atoms with van der Waals surface area (Å²) in [6, 6.07) is 20.8. The number of methoxy groups -OCH3 is 1. The second-order valence-electron chi connectivity index (χ2n) is 9.67. The Kier molecular flexibility index (Phi) is 11.0. The van der Waals surface area contributed by atoms with Gasteiger partial charge in [0.1, 0.15) is 18.1 Å². The van der Waals surface area contributed by atoms with Gasteiger partial charge in [-0.15, -0.1) is 0 Å². The number of hydrogen-bond acceptors (Lipinski definition) is 5. The Hall–Kier alpha value is -3.94. The monoisotopic (exact) mass is 541 g/mol. The fraction of sp³-hybridized carbons (Fsp3) is 0.355. The van der Waals surface area contributed by atoms with Gasteiger partial charge in [0.2, 0.25) is 0 Å². The summed E-state index contributed by atoms with van der Waals surface area (Å²) in [5.41, 5.74) is 3.28. The number of anilines is 1. The van der Waals surface area contributed by atoms with Crippen molar-refractivity contribution in [2.24, 2.45) is 0 Å².